The van der Waals surface area contributed by atoms with Gasteiger partial charge in [0, 0.05) is 11.8 Å². The van der Waals surface area contributed by atoms with Gasteiger partial charge in [-0.2, -0.15) is 0 Å². The van der Waals surface area contributed by atoms with Crippen molar-refractivity contribution in [3.63, 3.8) is 0 Å². The topological polar surface area (TPSA) is 124 Å². The third-order valence-corrected chi connectivity index (χ3v) is 3.08. The molecular weight excluding hydrogens is 318 g/mol. The first-order valence-corrected chi connectivity index (χ1v) is 7.15. The van der Waals surface area contributed by atoms with Gasteiger partial charge < -0.3 is 14.5 Å². The Labute approximate surface area is 136 Å². The van der Waals surface area contributed by atoms with Gasteiger partial charge in [0.25, 0.3) is 5.69 Å². The van der Waals surface area contributed by atoms with Gasteiger partial charge in [0.05, 0.1) is 23.7 Å². The molecule has 9 heteroatoms. The summed E-state index contributed by atoms with van der Waals surface area (Å²) in [7, 11) is 0. The Morgan fingerprint density at radius 2 is 1.88 bits per heavy atom. The number of ether oxygens (including phenoxy) is 2. The highest BCUT2D eigenvalue weighted by Crippen LogP contribution is 2.32. The minimum atomic E-state index is -0.728. The fourth-order valence-electron chi connectivity index (χ4n) is 2.11. The van der Waals surface area contributed by atoms with Gasteiger partial charge in [-0.15, -0.1) is 0 Å². The Morgan fingerprint density at radius 1 is 1.21 bits per heavy atom. The van der Waals surface area contributed by atoms with Gasteiger partial charge in [-0.25, -0.2) is 9.59 Å². The standard InChI is InChI=1S/C15H15N3O6/c1-3-23-14(19)11-7-10(13(17-11)15(20)24-4-2)9-5-6-16-8-12(9)18(21)22/h5-8,17H,3-4H2,1-2H3. The molecule has 0 aliphatic carbocycles. The van der Waals surface area contributed by atoms with E-state index in [2.05, 4.69) is 9.97 Å². The van der Waals surface area contributed by atoms with Gasteiger partial charge in [0.15, 0.2) is 0 Å². The molecule has 0 aliphatic heterocycles. The van der Waals surface area contributed by atoms with E-state index in [1.54, 1.807) is 13.8 Å². The molecule has 2 aromatic heterocycles. The average Bonchev–Trinajstić information content (AvgIpc) is 3.00. The van der Waals surface area contributed by atoms with Crippen LogP contribution in [0.4, 0.5) is 5.69 Å². The molecule has 0 atom stereocenters. The number of nitro groups is 1. The Balaban J connectivity index is 2.61. The van der Waals surface area contributed by atoms with Crippen LogP contribution in [0.1, 0.15) is 34.8 Å². The number of rotatable bonds is 6. The predicted molar refractivity (Wildman–Crippen MR) is 82.6 cm³/mol. The number of nitrogens with one attached hydrogen (secondary N) is 1. The second-order valence-electron chi connectivity index (χ2n) is 4.56. The predicted octanol–water partition coefficient (Wildman–Crippen LogP) is 2.34. The van der Waals surface area contributed by atoms with E-state index >= 15 is 0 Å². The minimum absolute atomic E-state index is 0.000938. The first-order chi connectivity index (χ1) is 11.5. The lowest BCUT2D eigenvalue weighted by Crippen LogP contribution is -2.09. The van der Waals surface area contributed by atoms with Crippen LogP contribution in [-0.4, -0.2) is 40.0 Å². The maximum Gasteiger partial charge on any atom is 0.355 e. The first-order valence-electron chi connectivity index (χ1n) is 7.15. The van der Waals surface area contributed by atoms with E-state index in [1.165, 1.54) is 18.3 Å². The highest BCUT2D eigenvalue weighted by molar-refractivity contribution is 6.00. The Hall–Kier alpha value is -3.23. The SMILES string of the molecule is CCOC(=O)c1cc(-c2ccncc2[N+](=O)[O-])c(C(=O)OCC)[nH]1. The minimum Gasteiger partial charge on any atom is -0.461 e. The van der Waals surface area contributed by atoms with E-state index < -0.39 is 16.9 Å². The van der Waals surface area contributed by atoms with Gasteiger partial charge in [-0.3, -0.25) is 15.1 Å². The number of esters is 2. The van der Waals surface area contributed by atoms with Crippen molar-refractivity contribution in [2.75, 3.05) is 13.2 Å². The van der Waals surface area contributed by atoms with Crippen molar-refractivity contribution in [3.8, 4) is 11.1 Å². The van der Waals surface area contributed by atoms with Gasteiger partial charge in [-0.1, -0.05) is 0 Å². The van der Waals surface area contributed by atoms with Crippen molar-refractivity contribution in [2.24, 2.45) is 0 Å². The normalized spacial score (nSPS) is 10.2. The third-order valence-electron chi connectivity index (χ3n) is 3.08. The van der Waals surface area contributed by atoms with Crippen molar-refractivity contribution in [1.29, 1.82) is 0 Å². The number of hydrogen-bond donors (Lipinski definition) is 1. The van der Waals surface area contributed by atoms with Gasteiger partial charge in [-0.05, 0) is 26.0 Å². The number of aromatic amines is 1. The number of carbonyl (C=O) groups excluding carboxylic acids is 2. The summed E-state index contributed by atoms with van der Waals surface area (Å²) in [5, 5.41) is 11.2. The fraction of sp³-hybridized carbons (Fsp3) is 0.267. The second kappa shape index (κ2) is 7.36. The smallest absolute Gasteiger partial charge is 0.355 e. The van der Waals surface area contributed by atoms with Crippen LogP contribution < -0.4 is 0 Å². The van der Waals surface area contributed by atoms with Crippen LogP contribution in [0.25, 0.3) is 11.1 Å². The molecule has 0 bridgehead atoms. The molecule has 0 unspecified atom stereocenters. The van der Waals surface area contributed by atoms with Gasteiger partial charge >= 0.3 is 11.9 Å². The van der Waals surface area contributed by atoms with Crippen LogP contribution in [0.2, 0.25) is 0 Å². The van der Waals surface area contributed by atoms with E-state index in [9.17, 15) is 19.7 Å². The molecule has 0 fully saturated rings. The summed E-state index contributed by atoms with van der Waals surface area (Å²) in [6.07, 6.45) is 2.43. The number of H-pyrrole nitrogens is 1. The van der Waals surface area contributed by atoms with Crippen LogP contribution in [0.3, 0.4) is 0 Å². The number of aromatic nitrogens is 2. The van der Waals surface area contributed by atoms with Crippen molar-refractivity contribution >= 4 is 17.6 Å². The lowest BCUT2D eigenvalue weighted by Gasteiger charge is -2.04. The Morgan fingerprint density at radius 3 is 2.50 bits per heavy atom. The zero-order valence-electron chi connectivity index (χ0n) is 13.1. The molecule has 126 valence electrons. The molecule has 2 aromatic rings. The monoisotopic (exact) mass is 333 g/mol. The molecule has 0 radical (unpaired) electrons. The van der Waals surface area contributed by atoms with Crippen LogP contribution in [-0.2, 0) is 9.47 Å². The summed E-state index contributed by atoms with van der Waals surface area (Å²) in [5.41, 5.74) is -0.0388. The van der Waals surface area contributed by atoms with Gasteiger partial charge in [0.1, 0.15) is 17.6 Å². The number of carbonyl (C=O) groups is 2. The Kier molecular flexibility index (Phi) is 5.25. The van der Waals surface area contributed by atoms with Crippen LogP contribution in [0, 0.1) is 10.1 Å². The summed E-state index contributed by atoms with van der Waals surface area (Å²) in [4.78, 5) is 40.9. The molecule has 0 saturated carbocycles. The van der Waals surface area contributed by atoms with Crippen molar-refractivity contribution < 1.29 is 24.0 Å². The highest BCUT2D eigenvalue weighted by Gasteiger charge is 2.26. The van der Waals surface area contributed by atoms with E-state index in [0.29, 0.717) is 0 Å². The molecule has 0 spiro atoms. The lowest BCUT2D eigenvalue weighted by molar-refractivity contribution is -0.384. The summed E-state index contributed by atoms with van der Waals surface area (Å²) in [6.45, 7) is 3.53. The van der Waals surface area contributed by atoms with Crippen molar-refractivity contribution in [1.82, 2.24) is 9.97 Å². The number of hydrogen-bond acceptors (Lipinski definition) is 7. The summed E-state index contributed by atoms with van der Waals surface area (Å²) in [6, 6.07) is 2.71. The summed E-state index contributed by atoms with van der Waals surface area (Å²) in [5.74, 6) is -1.40. The van der Waals surface area contributed by atoms with Crippen LogP contribution >= 0.6 is 0 Å². The Bertz CT molecular complexity index is 783. The second-order valence-corrected chi connectivity index (χ2v) is 4.56. The first kappa shape index (κ1) is 17.1. The fourth-order valence-corrected chi connectivity index (χ4v) is 2.11. The molecule has 0 aromatic carbocycles. The van der Waals surface area contributed by atoms with E-state index in [0.717, 1.165) is 6.20 Å². The molecule has 0 aliphatic rings. The van der Waals surface area contributed by atoms with E-state index in [4.69, 9.17) is 9.47 Å². The van der Waals surface area contributed by atoms with Crippen LogP contribution in [0.15, 0.2) is 24.5 Å². The van der Waals surface area contributed by atoms with Gasteiger partial charge in [0.2, 0.25) is 0 Å². The maximum atomic E-state index is 12.1. The average molecular weight is 333 g/mol. The molecule has 0 saturated heterocycles. The molecule has 0 amide bonds. The van der Waals surface area contributed by atoms with Crippen LogP contribution in [0.5, 0.6) is 0 Å². The molecule has 9 nitrogen and oxygen atoms in total. The lowest BCUT2D eigenvalue weighted by atomic mass is 10.1. The number of nitrogens with zero attached hydrogens (tertiary/aromatic N) is 2. The number of pyridine rings is 1. The molecular formula is C15H15N3O6. The van der Waals surface area contributed by atoms with Crippen molar-refractivity contribution in [3.05, 3.63) is 46.0 Å². The molecule has 2 heterocycles. The quantitative estimate of drug-likeness (QED) is 0.488. The van der Waals surface area contributed by atoms with Crippen molar-refractivity contribution in [2.45, 2.75) is 13.8 Å². The summed E-state index contributed by atoms with van der Waals surface area (Å²) >= 11 is 0. The summed E-state index contributed by atoms with van der Waals surface area (Å²) < 4.78 is 9.82. The maximum absolute atomic E-state index is 12.1. The largest absolute Gasteiger partial charge is 0.461 e. The molecule has 24 heavy (non-hydrogen) atoms. The molecule has 2 rings (SSSR count). The van der Waals surface area contributed by atoms with E-state index in [-0.39, 0.29) is 41.4 Å². The molecule has 1 N–H and O–H groups in total. The zero-order valence-corrected chi connectivity index (χ0v) is 13.1. The highest BCUT2D eigenvalue weighted by atomic mass is 16.6. The zero-order chi connectivity index (χ0) is 17.7. The van der Waals surface area contributed by atoms with E-state index in [1.807, 2.05) is 0 Å². The third kappa shape index (κ3) is 3.40.